The average Bonchev–Trinajstić information content (AvgIpc) is 2.37. The number of primary amides is 1. The molecule has 0 bridgehead atoms. The summed E-state index contributed by atoms with van der Waals surface area (Å²) in [4.78, 5) is 21.9. The second-order valence-corrected chi connectivity index (χ2v) is 5.42. The highest BCUT2D eigenvalue weighted by Gasteiger charge is 2.14. The van der Waals surface area contributed by atoms with Gasteiger partial charge in [-0.1, -0.05) is 0 Å². The lowest BCUT2D eigenvalue weighted by molar-refractivity contribution is -0.122. The molecule has 1 rings (SSSR count). The third-order valence-corrected chi connectivity index (χ3v) is 3.92. The molecule has 6 nitrogen and oxygen atoms in total. The maximum atomic E-state index is 11.5. The Bertz CT molecular complexity index is 270. The summed E-state index contributed by atoms with van der Waals surface area (Å²) in [5.41, 5.74) is 4.91. The minimum absolute atomic E-state index is 0.0150. The lowest BCUT2D eigenvalue weighted by Crippen LogP contribution is -2.32. The number of hydrogen-bond donors (Lipinski definition) is 3. The van der Waals surface area contributed by atoms with E-state index < -0.39 is 5.91 Å². The van der Waals surface area contributed by atoms with Gasteiger partial charge in [0.05, 0.1) is 12.4 Å². The maximum Gasteiger partial charge on any atom is 0.243 e. The van der Waals surface area contributed by atoms with Crippen molar-refractivity contribution in [3.05, 3.63) is 0 Å². The number of nitrogens with one attached hydrogen (secondary N) is 2. The summed E-state index contributed by atoms with van der Waals surface area (Å²) >= 11 is 1.71. The van der Waals surface area contributed by atoms with E-state index in [1.165, 1.54) is 0 Å². The van der Waals surface area contributed by atoms with Gasteiger partial charge in [-0.3, -0.25) is 9.59 Å². The van der Waals surface area contributed by atoms with Gasteiger partial charge < -0.3 is 21.1 Å². The molecule has 0 aromatic rings. The molecular formula is C11H21N3O3S. The van der Waals surface area contributed by atoms with E-state index in [4.69, 9.17) is 10.5 Å². The molecule has 1 heterocycles. The minimum Gasteiger partial charge on any atom is -0.370 e. The Labute approximate surface area is 111 Å². The van der Waals surface area contributed by atoms with Gasteiger partial charge in [0.25, 0.3) is 0 Å². The largest absolute Gasteiger partial charge is 0.370 e. The molecule has 0 atom stereocenters. The van der Waals surface area contributed by atoms with Crippen LogP contribution in [0.2, 0.25) is 0 Å². The van der Waals surface area contributed by atoms with E-state index in [1.54, 1.807) is 11.8 Å². The predicted octanol–water partition coefficient (Wildman–Crippen LogP) is -0.910. The summed E-state index contributed by atoms with van der Waals surface area (Å²) in [6.07, 6.45) is 2.25. The van der Waals surface area contributed by atoms with Crippen molar-refractivity contribution < 1.29 is 14.3 Å². The third kappa shape index (κ3) is 7.52. The van der Waals surface area contributed by atoms with E-state index >= 15 is 0 Å². The average molecular weight is 275 g/mol. The Morgan fingerprint density at radius 3 is 2.78 bits per heavy atom. The van der Waals surface area contributed by atoms with Crippen LogP contribution in [0.4, 0.5) is 0 Å². The molecule has 2 amide bonds. The lowest BCUT2D eigenvalue weighted by atomic mass is 10.2. The van der Waals surface area contributed by atoms with Crippen LogP contribution in [-0.4, -0.2) is 55.7 Å². The highest BCUT2D eigenvalue weighted by atomic mass is 32.2. The molecule has 0 radical (unpaired) electrons. The van der Waals surface area contributed by atoms with Crippen molar-refractivity contribution in [2.45, 2.75) is 18.1 Å². The van der Waals surface area contributed by atoms with E-state index in [0.29, 0.717) is 24.2 Å². The van der Waals surface area contributed by atoms with Gasteiger partial charge in [0.15, 0.2) is 0 Å². The standard InChI is InChI=1S/C11H21N3O3S/c12-10(15)7-17-6-5-14-11(16)8-18-9-1-3-13-4-2-9/h9,13H,1-8H2,(H2,12,15)(H,14,16). The summed E-state index contributed by atoms with van der Waals surface area (Å²) in [5.74, 6) is 0.00418. The smallest absolute Gasteiger partial charge is 0.243 e. The van der Waals surface area contributed by atoms with Crippen LogP contribution >= 0.6 is 11.8 Å². The molecule has 1 saturated heterocycles. The van der Waals surface area contributed by atoms with Gasteiger partial charge in [-0.05, 0) is 25.9 Å². The second-order valence-electron chi connectivity index (χ2n) is 4.13. The fraction of sp³-hybridized carbons (Fsp3) is 0.818. The van der Waals surface area contributed by atoms with Crippen LogP contribution in [0.3, 0.4) is 0 Å². The molecule has 1 aliphatic heterocycles. The van der Waals surface area contributed by atoms with Crippen LogP contribution < -0.4 is 16.4 Å². The summed E-state index contributed by atoms with van der Waals surface area (Å²) in [6, 6.07) is 0. The minimum atomic E-state index is -0.497. The zero-order valence-corrected chi connectivity index (χ0v) is 11.3. The van der Waals surface area contributed by atoms with Crippen LogP contribution in [0.5, 0.6) is 0 Å². The molecule has 0 unspecified atom stereocenters. The van der Waals surface area contributed by atoms with Crippen molar-refractivity contribution in [1.29, 1.82) is 0 Å². The normalized spacial score (nSPS) is 16.4. The Balaban J connectivity index is 1.94. The third-order valence-electron chi connectivity index (χ3n) is 2.55. The Kier molecular flexibility index (Phi) is 7.79. The number of rotatable bonds is 8. The van der Waals surface area contributed by atoms with Crippen LogP contribution in [0, 0.1) is 0 Å². The Morgan fingerprint density at radius 1 is 1.39 bits per heavy atom. The summed E-state index contributed by atoms with van der Waals surface area (Å²) < 4.78 is 4.94. The predicted molar refractivity (Wildman–Crippen MR) is 71.4 cm³/mol. The number of thioether (sulfide) groups is 1. The van der Waals surface area contributed by atoms with E-state index in [-0.39, 0.29) is 12.5 Å². The molecule has 1 fully saturated rings. The van der Waals surface area contributed by atoms with Gasteiger partial charge in [-0.25, -0.2) is 0 Å². The first-order chi connectivity index (χ1) is 8.68. The monoisotopic (exact) mass is 275 g/mol. The van der Waals surface area contributed by atoms with Crippen molar-refractivity contribution in [3.63, 3.8) is 0 Å². The van der Waals surface area contributed by atoms with E-state index in [0.717, 1.165) is 25.9 Å². The van der Waals surface area contributed by atoms with Crippen molar-refractivity contribution >= 4 is 23.6 Å². The van der Waals surface area contributed by atoms with Crippen molar-refractivity contribution in [2.75, 3.05) is 38.6 Å². The molecule has 0 aromatic heterocycles. The highest BCUT2D eigenvalue weighted by Crippen LogP contribution is 2.19. The number of nitrogens with two attached hydrogens (primary N) is 1. The van der Waals surface area contributed by atoms with Gasteiger partial charge in [0.2, 0.25) is 11.8 Å². The Hall–Kier alpha value is -0.790. The molecule has 0 saturated carbocycles. The lowest BCUT2D eigenvalue weighted by Gasteiger charge is -2.21. The fourth-order valence-corrected chi connectivity index (χ4v) is 2.70. The van der Waals surface area contributed by atoms with Crippen molar-refractivity contribution in [2.24, 2.45) is 5.73 Å². The van der Waals surface area contributed by atoms with Crippen molar-refractivity contribution in [1.82, 2.24) is 10.6 Å². The summed E-state index contributed by atoms with van der Waals surface area (Å²) in [7, 11) is 0. The molecule has 1 aliphatic rings. The van der Waals surface area contributed by atoms with Crippen molar-refractivity contribution in [3.8, 4) is 0 Å². The highest BCUT2D eigenvalue weighted by molar-refractivity contribution is 8.00. The zero-order valence-electron chi connectivity index (χ0n) is 10.4. The fourth-order valence-electron chi connectivity index (χ4n) is 1.64. The number of carbonyl (C=O) groups excluding carboxylic acids is 2. The topological polar surface area (TPSA) is 93.5 Å². The SMILES string of the molecule is NC(=O)COCCNC(=O)CSC1CCNCC1. The number of carbonyl (C=O) groups is 2. The molecule has 0 aliphatic carbocycles. The number of amides is 2. The first-order valence-electron chi connectivity index (χ1n) is 6.13. The first-order valence-corrected chi connectivity index (χ1v) is 7.18. The number of piperidine rings is 1. The van der Waals surface area contributed by atoms with Gasteiger partial charge in [0.1, 0.15) is 6.61 Å². The maximum absolute atomic E-state index is 11.5. The number of hydrogen-bond acceptors (Lipinski definition) is 5. The molecule has 104 valence electrons. The van der Waals surface area contributed by atoms with Gasteiger partial charge >= 0.3 is 0 Å². The molecule has 18 heavy (non-hydrogen) atoms. The quantitative estimate of drug-likeness (QED) is 0.499. The van der Waals surface area contributed by atoms with Crippen LogP contribution in [0.25, 0.3) is 0 Å². The summed E-state index contributed by atoms with van der Waals surface area (Å²) in [6.45, 7) is 2.71. The zero-order chi connectivity index (χ0) is 13.2. The van der Waals surface area contributed by atoms with Crippen LogP contribution in [-0.2, 0) is 14.3 Å². The van der Waals surface area contributed by atoms with E-state index in [2.05, 4.69) is 10.6 Å². The van der Waals surface area contributed by atoms with Crippen LogP contribution in [0.1, 0.15) is 12.8 Å². The molecule has 0 spiro atoms. The molecule has 7 heteroatoms. The first kappa shape index (κ1) is 15.3. The van der Waals surface area contributed by atoms with E-state index in [9.17, 15) is 9.59 Å². The number of ether oxygens (including phenoxy) is 1. The molecule has 0 aromatic carbocycles. The van der Waals surface area contributed by atoms with Gasteiger partial charge in [0, 0.05) is 11.8 Å². The van der Waals surface area contributed by atoms with Gasteiger partial charge in [-0.2, -0.15) is 0 Å². The summed E-state index contributed by atoms with van der Waals surface area (Å²) in [5, 5.41) is 6.62. The van der Waals surface area contributed by atoms with Crippen LogP contribution in [0.15, 0.2) is 0 Å². The second kappa shape index (κ2) is 9.18. The van der Waals surface area contributed by atoms with Gasteiger partial charge in [-0.15, -0.1) is 11.8 Å². The Morgan fingerprint density at radius 2 is 2.11 bits per heavy atom. The van der Waals surface area contributed by atoms with E-state index in [1.807, 2.05) is 0 Å². The molecular weight excluding hydrogens is 254 g/mol. The molecule has 4 N–H and O–H groups in total.